The Morgan fingerprint density at radius 2 is 1.25 bits per heavy atom. The van der Waals surface area contributed by atoms with Crippen molar-refractivity contribution >= 4 is 5.57 Å². The molecule has 5 rings (SSSR count). The number of aryl methyl sites for hydroxylation is 1. The number of ether oxygens (including phenoxy) is 2. The lowest BCUT2D eigenvalue weighted by molar-refractivity contribution is -0.000995. The average Bonchev–Trinajstić information content (AvgIpc) is 3.04. The Morgan fingerprint density at radius 3 is 1.86 bits per heavy atom. The standard InChI is InChI=1S/C36H38F6O2/c1-3-5-24-12-16-28(34(40)31(24)37)29-17-13-25(32(38)35(29)41)20-44-26-14-10-22(11-15-26)21-6-8-23(9-7-21)27-18-19-30(43-4-2)36(42)33(27)39/h8,12-13,16-19,21-22,26H,3-7,9-11,14-15,20H2,1-2H3. The molecule has 0 radical (unpaired) electrons. The number of hydrogen-bond acceptors (Lipinski definition) is 2. The van der Waals surface area contributed by atoms with Crippen molar-refractivity contribution in [1.82, 2.24) is 0 Å². The largest absolute Gasteiger partial charge is 0.491 e. The van der Waals surface area contributed by atoms with Gasteiger partial charge in [0.05, 0.1) is 19.3 Å². The molecule has 3 aromatic carbocycles. The maximum atomic E-state index is 15.0. The number of rotatable bonds is 10. The zero-order chi connectivity index (χ0) is 31.4. The maximum absolute atomic E-state index is 15.0. The molecule has 8 heteroatoms. The molecular weight excluding hydrogens is 578 g/mol. The molecule has 2 aliphatic rings. The Labute approximate surface area is 255 Å². The van der Waals surface area contributed by atoms with Gasteiger partial charge in [-0.05, 0) is 93.4 Å². The highest BCUT2D eigenvalue weighted by Crippen LogP contribution is 2.42. The minimum atomic E-state index is -1.23. The third-order valence-corrected chi connectivity index (χ3v) is 9.14. The van der Waals surface area contributed by atoms with E-state index in [1.54, 1.807) is 13.0 Å². The molecule has 0 bridgehead atoms. The van der Waals surface area contributed by atoms with Crippen LogP contribution in [0.1, 0.15) is 81.9 Å². The molecule has 2 nitrogen and oxygen atoms in total. The van der Waals surface area contributed by atoms with Gasteiger partial charge in [0.2, 0.25) is 5.82 Å². The average molecular weight is 617 g/mol. The number of allylic oxidation sites excluding steroid dienone is 2. The Balaban J connectivity index is 1.14. The Kier molecular flexibility index (Phi) is 10.4. The van der Waals surface area contributed by atoms with Crippen LogP contribution in [0.3, 0.4) is 0 Å². The second-order valence-corrected chi connectivity index (χ2v) is 11.8. The molecule has 1 saturated carbocycles. The van der Waals surface area contributed by atoms with E-state index in [1.807, 2.05) is 13.0 Å². The lowest BCUT2D eigenvalue weighted by Gasteiger charge is -2.35. The summed E-state index contributed by atoms with van der Waals surface area (Å²) in [4.78, 5) is 0. The molecule has 0 aromatic heterocycles. The molecule has 1 atom stereocenters. The Hall–Kier alpha value is -3.26. The van der Waals surface area contributed by atoms with Crippen LogP contribution in [0.2, 0.25) is 0 Å². The van der Waals surface area contributed by atoms with Gasteiger partial charge in [-0.2, -0.15) is 4.39 Å². The fraction of sp³-hybridized carbons (Fsp3) is 0.444. The van der Waals surface area contributed by atoms with Crippen molar-refractivity contribution in [3.63, 3.8) is 0 Å². The van der Waals surface area contributed by atoms with Gasteiger partial charge in [0.1, 0.15) is 0 Å². The fourth-order valence-electron chi connectivity index (χ4n) is 6.68. The lowest BCUT2D eigenvalue weighted by Crippen LogP contribution is -2.27. The zero-order valence-corrected chi connectivity index (χ0v) is 25.1. The molecule has 0 aliphatic heterocycles. The summed E-state index contributed by atoms with van der Waals surface area (Å²) in [5.41, 5.74) is 0.701. The first-order chi connectivity index (χ1) is 21.2. The molecule has 1 fully saturated rings. The molecule has 236 valence electrons. The van der Waals surface area contributed by atoms with Crippen molar-refractivity contribution in [3.8, 4) is 16.9 Å². The zero-order valence-electron chi connectivity index (χ0n) is 25.1. The highest BCUT2D eigenvalue weighted by Gasteiger charge is 2.30. The fourth-order valence-corrected chi connectivity index (χ4v) is 6.68. The van der Waals surface area contributed by atoms with Crippen LogP contribution >= 0.6 is 0 Å². The van der Waals surface area contributed by atoms with E-state index in [1.165, 1.54) is 30.3 Å². The summed E-state index contributed by atoms with van der Waals surface area (Å²) in [7, 11) is 0. The summed E-state index contributed by atoms with van der Waals surface area (Å²) >= 11 is 0. The normalized spacial score (nSPS) is 20.5. The highest BCUT2D eigenvalue weighted by molar-refractivity contribution is 5.68. The molecule has 1 unspecified atom stereocenters. The first kappa shape index (κ1) is 32.1. The molecular formula is C36H38F6O2. The summed E-state index contributed by atoms with van der Waals surface area (Å²) in [6.45, 7) is 3.70. The smallest absolute Gasteiger partial charge is 0.201 e. The van der Waals surface area contributed by atoms with Crippen LogP contribution in [-0.2, 0) is 17.8 Å². The molecule has 3 aromatic rings. The number of benzene rings is 3. The minimum Gasteiger partial charge on any atom is -0.491 e. The van der Waals surface area contributed by atoms with Crippen LogP contribution in [0.25, 0.3) is 16.7 Å². The Morgan fingerprint density at radius 1 is 0.636 bits per heavy atom. The van der Waals surface area contributed by atoms with Gasteiger partial charge in [-0.3, -0.25) is 0 Å². The summed E-state index contributed by atoms with van der Waals surface area (Å²) in [5, 5.41) is 0. The molecule has 0 heterocycles. The number of halogens is 6. The van der Waals surface area contributed by atoms with Crippen LogP contribution in [0.5, 0.6) is 5.75 Å². The van der Waals surface area contributed by atoms with E-state index in [-0.39, 0.29) is 47.3 Å². The minimum absolute atomic E-state index is 0.0276. The first-order valence-corrected chi connectivity index (χ1v) is 15.6. The molecule has 0 saturated heterocycles. The van der Waals surface area contributed by atoms with Gasteiger partial charge >= 0.3 is 0 Å². The van der Waals surface area contributed by atoms with Crippen molar-refractivity contribution in [2.24, 2.45) is 11.8 Å². The quantitative estimate of drug-likeness (QED) is 0.211. The predicted molar refractivity (Wildman–Crippen MR) is 159 cm³/mol. The van der Waals surface area contributed by atoms with Crippen LogP contribution in [0.15, 0.2) is 42.5 Å². The van der Waals surface area contributed by atoms with Gasteiger partial charge in [0.25, 0.3) is 0 Å². The summed E-state index contributed by atoms with van der Waals surface area (Å²) in [6, 6.07) is 8.39. The molecule has 0 N–H and O–H groups in total. The SMILES string of the molecule is CCCc1ccc(-c2ccc(COC3CCC(C4CC=C(c5ccc(OCC)c(F)c5F)CC4)CC3)c(F)c2F)c(F)c1F. The van der Waals surface area contributed by atoms with E-state index in [4.69, 9.17) is 9.47 Å². The van der Waals surface area contributed by atoms with Gasteiger partial charge in [-0.15, -0.1) is 0 Å². The molecule has 0 spiro atoms. The first-order valence-electron chi connectivity index (χ1n) is 15.6. The summed E-state index contributed by atoms with van der Waals surface area (Å²) < 4.78 is 99.2. The van der Waals surface area contributed by atoms with E-state index in [9.17, 15) is 26.3 Å². The van der Waals surface area contributed by atoms with Crippen LogP contribution in [0.4, 0.5) is 26.3 Å². The van der Waals surface area contributed by atoms with E-state index in [0.717, 1.165) is 44.1 Å². The second-order valence-electron chi connectivity index (χ2n) is 11.8. The van der Waals surface area contributed by atoms with Gasteiger partial charge in [0.15, 0.2) is 34.8 Å². The molecule has 0 amide bonds. The van der Waals surface area contributed by atoms with E-state index in [2.05, 4.69) is 0 Å². The van der Waals surface area contributed by atoms with Crippen molar-refractivity contribution in [3.05, 3.63) is 94.1 Å². The summed E-state index contributed by atoms with van der Waals surface area (Å²) in [6.07, 6.45) is 8.69. The van der Waals surface area contributed by atoms with Crippen molar-refractivity contribution in [1.29, 1.82) is 0 Å². The van der Waals surface area contributed by atoms with Crippen molar-refractivity contribution < 1.29 is 35.8 Å². The van der Waals surface area contributed by atoms with E-state index in [0.29, 0.717) is 36.7 Å². The highest BCUT2D eigenvalue weighted by atomic mass is 19.2. The molecule has 44 heavy (non-hydrogen) atoms. The second kappa shape index (κ2) is 14.2. The predicted octanol–water partition coefficient (Wildman–Crippen LogP) is 10.5. The van der Waals surface area contributed by atoms with Crippen molar-refractivity contribution in [2.75, 3.05) is 6.61 Å². The van der Waals surface area contributed by atoms with E-state index < -0.39 is 34.9 Å². The van der Waals surface area contributed by atoms with Crippen molar-refractivity contribution in [2.45, 2.75) is 84.3 Å². The van der Waals surface area contributed by atoms with E-state index >= 15 is 0 Å². The lowest BCUT2D eigenvalue weighted by atomic mass is 9.73. The van der Waals surface area contributed by atoms with Crippen LogP contribution in [0, 0.1) is 46.7 Å². The Bertz CT molecular complexity index is 1510. The van der Waals surface area contributed by atoms with Crippen LogP contribution in [-0.4, -0.2) is 12.7 Å². The topological polar surface area (TPSA) is 18.5 Å². The number of hydrogen-bond donors (Lipinski definition) is 0. The third-order valence-electron chi connectivity index (χ3n) is 9.14. The maximum Gasteiger partial charge on any atom is 0.201 e. The van der Waals surface area contributed by atoms with Gasteiger partial charge < -0.3 is 9.47 Å². The summed E-state index contributed by atoms with van der Waals surface area (Å²) in [5.74, 6) is -5.55. The monoisotopic (exact) mass is 616 g/mol. The third kappa shape index (κ3) is 6.70. The van der Waals surface area contributed by atoms with Gasteiger partial charge in [0, 0.05) is 22.3 Å². The molecule has 2 aliphatic carbocycles. The van der Waals surface area contributed by atoms with Gasteiger partial charge in [-0.1, -0.05) is 43.7 Å². The van der Waals surface area contributed by atoms with Gasteiger partial charge in [-0.25, -0.2) is 22.0 Å². The van der Waals surface area contributed by atoms with Crippen LogP contribution < -0.4 is 4.74 Å².